The summed E-state index contributed by atoms with van der Waals surface area (Å²) in [5, 5.41) is 32.7. The van der Waals surface area contributed by atoms with Gasteiger partial charge >= 0.3 is 0 Å². The van der Waals surface area contributed by atoms with E-state index in [1.165, 1.54) is 6.08 Å². The Morgan fingerprint density at radius 1 is 0.967 bits per heavy atom. The van der Waals surface area contributed by atoms with E-state index in [2.05, 4.69) is 50.6 Å². The number of allylic oxidation sites excluding steroid dienone is 1. The molecule has 3 aliphatic heterocycles. The molecule has 2 aromatic heterocycles. The number of nitrogens with two attached hydrogens (primary N) is 2. The van der Waals surface area contributed by atoms with Crippen molar-refractivity contribution in [3.8, 4) is 11.1 Å². The average molecular weight is 822 g/mol. The van der Waals surface area contributed by atoms with Crippen molar-refractivity contribution in [2.45, 2.75) is 95.9 Å². The fraction of sp³-hybridized carbons (Fsp3) is 0.512. The molecule has 17 heteroatoms. The zero-order chi connectivity index (χ0) is 42.0. The molecule has 16 nitrogen and oxygen atoms in total. The molecule has 2 radical (unpaired) electrons. The van der Waals surface area contributed by atoms with Crippen molar-refractivity contribution < 1.29 is 24.6 Å². The Hall–Kier alpha value is -5.39. The Morgan fingerprint density at radius 2 is 1.65 bits per heavy atom. The van der Waals surface area contributed by atoms with E-state index >= 15 is 0 Å². The second-order valence-electron chi connectivity index (χ2n) is 16.0. The number of anilines is 2. The number of benzene rings is 1. The predicted molar refractivity (Wildman–Crippen MR) is 232 cm³/mol. The normalized spacial score (nSPS) is 20.6. The van der Waals surface area contributed by atoms with Gasteiger partial charge in [-0.15, -0.1) is 0 Å². The molecule has 2 saturated carbocycles. The topological polar surface area (TPSA) is 220 Å². The molecular weight excluding hydrogens is 761 g/mol. The molecule has 320 valence electrons. The van der Waals surface area contributed by atoms with Crippen molar-refractivity contribution in [3.05, 3.63) is 83.0 Å². The van der Waals surface area contributed by atoms with E-state index in [4.69, 9.17) is 29.5 Å². The molecule has 3 amide bonds. The third-order valence-electron chi connectivity index (χ3n) is 11.9. The molecule has 0 bridgehead atoms. The summed E-state index contributed by atoms with van der Waals surface area (Å²) in [5.74, 6) is -0.630. The number of amides is 3. The summed E-state index contributed by atoms with van der Waals surface area (Å²) in [7, 11) is 9.64. The Morgan fingerprint density at radius 3 is 2.30 bits per heavy atom. The van der Waals surface area contributed by atoms with Crippen LogP contribution in [0.2, 0.25) is 0 Å². The maximum atomic E-state index is 13.2. The fourth-order valence-electron chi connectivity index (χ4n) is 8.43. The molecule has 1 aromatic carbocycles. The van der Waals surface area contributed by atoms with Crippen molar-refractivity contribution >= 4 is 36.9 Å². The van der Waals surface area contributed by atoms with Crippen LogP contribution in [0.1, 0.15) is 106 Å². The van der Waals surface area contributed by atoms with Crippen molar-refractivity contribution in [2.24, 2.45) is 17.4 Å². The van der Waals surface area contributed by atoms with Gasteiger partial charge in [-0.3, -0.25) is 24.0 Å². The molecule has 2 atom stereocenters. The first kappa shape index (κ1) is 44.2. The smallest absolute Gasteiger partial charge is 0.272 e. The van der Waals surface area contributed by atoms with Crippen LogP contribution in [-0.2, 0) is 15.2 Å². The van der Waals surface area contributed by atoms with Gasteiger partial charge in [0.05, 0.1) is 46.7 Å². The van der Waals surface area contributed by atoms with Gasteiger partial charge in [0.2, 0.25) is 5.91 Å². The highest BCUT2D eigenvalue weighted by molar-refractivity contribution is 6.14. The van der Waals surface area contributed by atoms with Crippen LogP contribution in [0.3, 0.4) is 0 Å². The minimum Gasteiger partial charge on any atom is -0.400 e. The van der Waals surface area contributed by atoms with Gasteiger partial charge in [-0.05, 0) is 76.0 Å². The molecule has 3 aromatic rings. The van der Waals surface area contributed by atoms with Crippen LogP contribution in [0, 0.1) is 5.92 Å². The minimum absolute atomic E-state index is 0. The summed E-state index contributed by atoms with van der Waals surface area (Å²) in [4.78, 5) is 49.1. The lowest BCUT2D eigenvalue weighted by molar-refractivity contribution is -0.121. The van der Waals surface area contributed by atoms with Gasteiger partial charge in [-0.2, -0.15) is 5.10 Å². The number of aliphatic hydroxyl groups excluding tert-OH is 1. The lowest BCUT2D eigenvalue weighted by Crippen LogP contribution is -2.51. The average Bonchev–Trinajstić information content (AvgIpc) is 4.17. The van der Waals surface area contributed by atoms with Gasteiger partial charge in [0.1, 0.15) is 30.7 Å². The van der Waals surface area contributed by atoms with E-state index in [1.54, 1.807) is 23.1 Å². The molecule has 2 saturated heterocycles. The Bertz CT molecular complexity index is 2110. The van der Waals surface area contributed by atoms with Crippen molar-refractivity contribution in [1.82, 2.24) is 35.2 Å². The van der Waals surface area contributed by atoms with E-state index in [-0.39, 0.29) is 71.9 Å². The summed E-state index contributed by atoms with van der Waals surface area (Å²) in [6.45, 7) is 4.57. The number of nitrogens with one attached hydrogen (secondary N) is 3. The van der Waals surface area contributed by atoms with E-state index in [1.807, 2.05) is 23.2 Å². The summed E-state index contributed by atoms with van der Waals surface area (Å²) >= 11 is 0. The number of para-hydroxylation sites is 1. The Kier molecular flexibility index (Phi) is 13.6. The molecule has 1 unspecified atom stereocenters. The highest BCUT2D eigenvalue weighted by Crippen LogP contribution is 2.50. The van der Waals surface area contributed by atoms with Crippen LogP contribution >= 0.6 is 0 Å². The first-order valence-electron chi connectivity index (χ1n) is 20.7. The second kappa shape index (κ2) is 18.5. The molecule has 8 rings (SSSR count). The van der Waals surface area contributed by atoms with Gasteiger partial charge in [0.15, 0.2) is 0 Å². The zero-order valence-electron chi connectivity index (χ0n) is 34.2. The maximum absolute atomic E-state index is 13.2. The van der Waals surface area contributed by atoms with Crippen molar-refractivity contribution in [3.63, 3.8) is 0 Å². The summed E-state index contributed by atoms with van der Waals surface area (Å²) in [6, 6.07) is 11.1. The number of rotatable bonds is 12. The van der Waals surface area contributed by atoms with Crippen molar-refractivity contribution in [2.75, 3.05) is 50.6 Å². The van der Waals surface area contributed by atoms with Crippen LogP contribution in [0.5, 0.6) is 0 Å². The van der Waals surface area contributed by atoms with E-state index in [0.717, 1.165) is 80.3 Å². The van der Waals surface area contributed by atoms with E-state index < -0.39 is 11.5 Å². The minimum atomic E-state index is -1.84. The standard InChI is InChI=1S/C41H52BN11O4.CH4O.CH4/c1-3-32-37-28(23-45-53(37)26-16-20-52(21-17-26)41(42,57)33-11-7-10-30(48-33)40(56)51-18-4-5-19-51)27-8-6-9-29(36(27)50(32)2)47-31(35(44)39(55)46-25-14-15-25)22-34(43)49-38(54)24-12-13-24;1-2;/h6-11,22-26,32,47,57H,3-5,12-21,43-44H2,1-2H3,(H,46,55)(H,49,54);2H,1H3;1H4/b34-22+,35-31+;;/t32-,41?;;/m1../s1. The Balaban J connectivity index is 0.00000198. The third-order valence-corrected chi connectivity index (χ3v) is 11.9. The van der Waals surface area contributed by atoms with Gasteiger partial charge in [-0.1, -0.05) is 32.5 Å². The van der Waals surface area contributed by atoms with Crippen molar-refractivity contribution in [1.29, 1.82) is 0 Å². The molecular formula is C43H60BN11O5. The zero-order valence-corrected chi connectivity index (χ0v) is 34.2. The predicted octanol–water partition coefficient (Wildman–Crippen LogP) is 3.12. The lowest BCUT2D eigenvalue weighted by atomic mass is 9.83. The van der Waals surface area contributed by atoms with Gasteiger partial charge < -0.3 is 47.4 Å². The first-order valence-corrected chi connectivity index (χ1v) is 20.7. The van der Waals surface area contributed by atoms with Crippen LogP contribution in [-0.4, -0.2) is 107 Å². The monoisotopic (exact) mass is 821 g/mol. The molecule has 5 aliphatic rings. The SMILES string of the molecule is C.CO.[B]C(O)(c1cccc(C(=O)N2CCCC2)n1)N1CCC(n2ncc3c2[C@@H](CC)N(C)c2c(NC(/C=C(\N)NC(=O)C4CC4)=C(/N)C(=O)NC4CC4)cccc2-3)CC1. The number of hydrogen-bond acceptors (Lipinski definition) is 12. The highest BCUT2D eigenvalue weighted by atomic mass is 16.3. The van der Waals surface area contributed by atoms with E-state index in [0.29, 0.717) is 39.0 Å². The number of nitrogens with zero attached hydrogens (tertiary/aromatic N) is 6. The molecule has 9 N–H and O–H groups in total. The Labute approximate surface area is 353 Å². The molecule has 5 heterocycles. The number of hydrogen-bond donors (Lipinski definition) is 7. The largest absolute Gasteiger partial charge is 0.400 e. The van der Waals surface area contributed by atoms with Crippen LogP contribution in [0.15, 0.2) is 65.9 Å². The molecule has 2 aliphatic carbocycles. The summed E-state index contributed by atoms with van der Waals surface area (Å²) in [5.41, 5.74) is 16.5. The fourth-order valence-corrected chi connectivity index (χ4v) is 8.43. The number of likely N-dealkylation sites (tertiary alicyclic amines) is 2. The maximum Gasteiger partial charge on any atom is 0.272 e. The summed E-state index contributed by atoms with van der Waals surface area (Å²) < 4.78 is 2.14. The second-order valence-corrected chi connectivity index (χ2v) is 16.0. The van der Waals surface area contributed by atoms with Gasteiger partial charge in [-0.25, -0.2) is 4.98 Å². The highest BCUT2D eigenvalue weighted by Gasteiger charge is 2.39. The summed E-state index contributed by atoms with van der Waals surface area (Å²) in [6.07, 6.45) is 11.0. The molecule has 0 spiro atoms. The number of fused-ring (bicyclic) bond motifs is 3. The van der Waals surface area contributed by atoms with Crippen LogP contribution in [0.4, 0.5) is 11.4 Å². The number of aromatic nitrogens is 3. The number of carbonyl (C=O) groups excluding carboxylic acids is 3. The first-order chi connectivity index (χ1) is 28.4. The van der Waals surface area contributed by atoms with Gasteiger partial charge in [0.25, 0.3) is 11.8 Å². The third kappa shape index (κ3) is 9.03. The molecule has 60 heavy (non-hydrogen) atoms. The number of aliphatic hydroxyl groups is 2. The number of carbonyl (C=O) groups is 3. The number of pyridine rings is 1. The quantitative estimate of drug-likeness (QED) is 0.0797. The van der Waals surface area contributed by atoms with Crippen LogP contribution < -0.4 is 32.3 Å². The molecule has 4 fully saturated rings. The van der Waals surface area contributed by atoms with E-state index in [9.17, 15) is 19.5 Å². The van der Waals surface area contributed by atoms with Gasteiger partial charge in [0, 0.05) is 69.5 Å². The lowest BCUT2D eigenvalue weighted by Gasteiger charge is -2.43. The van der Waals surface area contributed by atoms with Crippen LogP contribution in [0.25, 0.3) is 11.1 Å². The number of piperidine rings is 1.